The van der Waals surface area contributed by atoms with Crippen molar-refractivity contribution in [3.63, 3.8) is 0 Å². The van der Waals surface area contributed by atoms with Gasteiger partial charge in [0.25, 0.3) is 0 Å². The van der Waals surface area contributed by atoms with Crippen LogP contribution < -0.4 is 19.8 Å². The van der Waals surface area contributed by atoms with Crippen molar-refractivity contribution in [3.8, 4) is 5.75 Å². The summed E-state index contributed by atoms with van der Waals surface area (Å²) in [6.45, 7) is 2.47. The van der Waals surface area contributed by atoms with E-state index in [0.29, 0.717) is 43.4 Å². The fraction of sp³-hybridized carbons (Fsp3) is 0.321. The number of anilines is 2. The van der Waals surface area contributed by atoms with Crippen molar-refractivity contribution in [2.24, 2.45) is 4.99 Å². The summed E-state index contributed by atoms with van der Waals surface area (Å²) in [4.78, 5) is 27.7. The summed E-state index contributed by atoms with van der Waals surface area (Å²) in [5.41, 5.74) is 1.61. The lowest BCUT2D eigenvalue weighted by Gasteiger charge is -2.45. The van der Waals surface area contributed by atoms with Crippen LogP contribution in [0.25, 0.3) is 0 Å². The summed E-state index contributed by atoms with van der Waals surface area (Å²) < 4.78 is 52.1. The molecule has 3 aromatic rings. The lowest BCUT2D eigenvalue weighted by Crippen LogP contribution is -2.55. The van der Waals surface area contributed by atoms with Crippen LogP contribution >= 0.6 is 9.24 Å². The molecule has 0 spiro atoms. The molecule has 3 heterocycles. The number of esters is 1. The summed E-state index contributed by atoms with van der Waals surface area (Å²) in [6, 6.07) is 12.5. The van der Waals surface area contributed by atoms with Crippen molar-refractivity contribution in [2.75, 3.05) is 50.2 Å². The molecular formula is C28H29F3N5O3P. The van der Waals surface area contributed by atoms with Crippen LogP contribution in [0.15, 0.2) is 65.9 Å². The van der Waals surface area contributed by atoms with Gasteiger partial charge in [-0.05, 0) is 41.7 Å². The zero-order valence-corrected chi connectivity index (χ0v) is 23.2. The second-order valence-corrected chi connectivity index (χ2v) is 10.1. The molecule has 2 atom stereocenters. The zero-order chi connectivity index (χ0) is 28.4. The number of fused-ring (bicyclic) bond motifs is 1. The molecular weight excluding hydrogens is 542 g/mol. The minimum Gasteiger partial charge on any atom is -0.495 e. The molecule has 0 radical (unpaired) electrons. The van der Waals surface area contributed by atoms with Gasteiger partial charge in [-0.2, -0.15) is 13.2 Å². The highest BCUT2D eigenvalue weighted by Gasteiger charge is 2.40. The average molecular weight is 572 g/mol. The molecule has 2 unspecified atom stereocenters. The predicted molar refractivity (Wildman–Crippen MR) is 151 cm³/mol. The summed E-state index contributed by atoms with van der Waals surface area (Å²) in [5.74, 6) is 0.142. The van der Waals surface area contributed by atoms with Crippen molar-refractivity contribution in [2.45, 2.75) is 18.6 Å². The lowest BCUT2D eigenvalue weighted by molar-refractivity contribution is -0.141. The molecule has 40 heavy (non-hydrogen) atoms. The quantitative estimate of drug-likeness (QED) is 0.329. The number of hydrogen-bond acceptors (Lipinski definition) is 8. The lowest BCUT2D eigenvalue weighted by atomic mass is 9.98. The van der Waals surface area contributed by atoms with Crippen molar-refractivity contribution in [3.05, 3.63) is 72.1 Å². The van der Waals surface area contributed by atoms with Gasteiger partial charge < -0.3 is 24.2 Å². The van der Waals surface area contributed by atoms with Gasteiger partial charge in [0.15, 0.2) is 0 Å². The molecule has 0 saturated carbocycles. The Kier molecular flexibility index (Phi) is 7.85. The number of aromatic nitrogens is 1. The number of carbonyl (C=O) groups excluding carboxylic acids is 1. The molecule has 5 rings (SSSR count). The van der Waals surface area contributed by atoms with Crippen molar-refractivity contribution >= 4 is 43.5 Å². The van der Waals surface area contributed by atoms with Gasteiger partial charge in [0.1, 0.15) is 5.75 Å². The molecule has 1 saturated heterocycles. The number of alkyl halides is 3. The number of benzene rings is 2. The fourth-order valence-electron chi connectivity index (χ4n) is 5.04. The highest BCUT2D eigenvalue weighted by atomic mass is 31.0. The number of ether oxygens (including phenoxy) is 2. The number of aliphatic imine (C=N–C) groups is 1. The summed E-state index contributed by atoms with van der Waals surface area (Å²) >= 11 is 0. The molecule has 0 aliphatic carbocycles. The molecule has 0 N–H and O–H groups in total. The number of guanidine groups is 1. The summed E-state index contributed by atoms with van der Waals surface area (Å²) in [5, 5.41) is 1.09. The van der Waals surface area contributed by atoms with Gasteiger partial charge in [-0.25, -0.2) is 4.99 Å². The molecule has 12 heteroatoms. The minimum absolute atomic E-state index is 0.130. The Balaban J connectivity index is 1.59. The third-order valence-electron chi connectivity index (χ3n) is 7.11. The van der Waals surface area contributed by atoms with Crippen LogP contribution in [0.2, 0.25) is 0 Å². The first-order valence-corrected chi connectivity index (χ1v) is 13.3. The van der Waals surface area contributed by atoms with E-state index in [1.54, 1.807) is 23.4 Å². The van der Waals surface area contributed by atoms with Gasteiger partial charge in [-0.1, -0.05) is 12.1 Å². The summed E-state index contributed by atoms with van der Waals surface area (Å²) in [7, 11) is 5.35. The summed E-state index contributed by atoms with van der Waals surface area (Å²) in [6.07, 6.45) is -1.52. The number of carbonyl (C=O) groups is 1. The van der Waals surface area contributed by atoms with E-state index in [-0.39, 0.29) is 17.9 Å². The fourth-order valence-corrected chi connectivity index (χ4v) is 5.24. The maximum absolute atomic E-state index is 13.9. The molecule has 1 aromatic heterocycles. The van der Waals surface area contributed by atoms with Crippen molar-refractivity contribution < 1.29 is 27.4 Å². The van der Waals surface area contributed by atoms with Crippen LogP contribution in [0.1, 0.15) is 23.6 Å². The Hall–Kier alpha value is -3.85. The second-order valence-electron chi connectivity index (χ2n) is 9.46. The normalized spacial score (nSPS) is 17.3. The number of rotatable bonds is 5. The first-order chi connectivity index (χ1) is 19.2. The van der Waals surface area contributed by atoms with E-state index in [1.807, 2.05) is 17.0 Å². The van der Waals surface area contributed by atoms with Crippen molar-refractivity contribution in [1.29, 1.82) is 0 Å². The molecule has 0 amide bonds. The molecule has 2 aliphatic heterocycles. The van der Waals surface area contributed by atoms with E-state index in [2.05, 4.69) is 31.3 Å². The maximum Gasteiger partial charge on any atom is 0.416 e. The van der Waals surface area contributed by atoms with Crippen LogP contribution in [-0.2, 0) is 15.7 Å². The standard InChI is InChI=1S/C28H29F3N5O3P/c1-38-25-8-3-18(28(29,30)31)15-24(25)36-23(16-26(37)39-2)21-17-32-10-9-22(21)33-27(36)35-13-11-34(12-14-35)19-4-6-20(40)7-5-19/h3-10,15,17,23H,11-14,16,40H2,1-2H3. The smallest absolute Gasteiger partial charge is 0.416 e. The van der Waals surface area contributed by atoms with E-state index < -0.39 is 23.8 Å². The maximum atomic E-state index is 13.9. The van der Waals surface area contributed by atoms with Gasteiger partial charge >= 0.3 is 12.1 Å². The highest BCUT2D eigenvalue weighted by Crippen LogP contribution is 2.45. The first-order valence-electron chi connectivity index (χ1n) is 12.7. The van der Waals surface area contributed by atoms with E-state index in [9.17, 15) is 18.0 Å². The molecule has 0 bridgehead atoms. The minimum atomic E-state index is -4.58. The van der Waals surface area contributed by atoms with Crippen LogP contribution in [0.4, 0.5) is 30.2 Å². The van der Waals surface area contributed by atoms with Gasteiger partial charge in [0.2, 0.25) is 5.96 Å². The van der Waals surface area contributed by atoms with Crippen LogP contribution in [-0.4, -0.2) is 62.2 Å². The average Bonchev–Trinajstić information content (AvgIpc) is 2.96. The molecule has 2 aromatic carbocycles. The van der Waals surface area contributed by atoms with Gasteiger partial charge in [0.05, 0.1) is 43.6 Å². The first kappa shape index (κ1) is 27.7. The van der Waals surface area contributed by atoms with E-state index >= 15 is 0 Å². The number of halogens is 3. The predicted octanol–water partition coefficient (Wildman–Crippen LogP) is 4.54. The Morgan fingerprint density at radius 3 is 2.38 bits per heavy atom. The Morgan fingerprint density at radius 2 is 1.73 bits per heavy atom. The Morgan fingerprint density at radius 1 is 1.02 bits per heavy atom. The topological polar surface area (TPSA) is 70.5 Å². The largest absolute Gasteiger partial charge is 0.495 e. The van der Waals surface area contributed by atoms with E-state index in [1.165, 1.54) is 20.3 Å². The number of piperazine rings is 1. The monoisotopic (exact) mass is 571 g/mol. The second kappa shape index (κ2) is 11.3. The van der Waals surface area contributed by atoms with Gasteiger partial charge in [-0.3, -0.25) is 9.78 Å². The molecule has 2 aliphatic rings. The third-order valence-corrected chi connectivity index (χ3v) is 7.49. The van der Waals surface area contributed by atoms with Crippen LogP contribution in [0, 0.1) is 0 Å². The molecule has 8 nitrogen and oxygen atoms in total. The Labute approximate surface area is 232 Å². The molecule has 1 fully saturated rings. The number of pyridine rings is 1. The number of methoxy groups -OCH3 is 2. The zero-order valence-electron chi connectivity index (χ0n) is 22.1. The number of hydrogen-bond donors (Lipinski definition) is 0. The van der Waals surface area contributed by atoms with Gasteiger partial charge in [0, 0.05) is 49.8 Å². The van der Waals surface area contributed by atoms with Crippen LogP contribution in [0.3, 0.4) is 0 Å². The van der Waals surface area contributed by atoms with Gasteiger partial charge in [-0.15, -0.1) is 9.24 Å². The highest BCUT2D eigenvalue weighted by molar-refractivity contribution is 7.27. The van der Waals surface area contributed by atoms with Crippen molar-refractivity contribution in [1.82, 2.24) is 9.88 Å². The Bertz CT molecular complexity index is 1410. The SMILES string of the molecule is COC(=O)CC1c2cnccc2N=C(N2CCN(c3ccc(P)cc3)CC2)N1c1cc(C(F)(F)F)ccc1OC. The molecule has 210 valence electrons. The third kappa shape index (κ3) is 5.56. The number of nitrogens with zero attached hydrogens (tertiary/aromatic N) is 5. The van der Waals surface area contributed by atoms with E-state index in [4.69, 9.17) is 14.5 Å². The van der Waals surface area contributed by atoms with Crippen LogP contribution in [0.5, 0.6) is 5.75 Å². The van der Waals surface area contributed by atoms with E-state index in [0.717, 1.165) is 23.1 Å².